The number of carbonyl (C=O) groups excluding carboxylic acids is 1. The first-order valence-electron chi connectivity index (χ1n) is 6.94. The summed E-state index contributed by atoms with van der Waals surface area (Å²) in [6.45, 7) is 2.73. The Labute approximate surface area is 134 Å². The molecule has 1 amide bonds. The molecule has 6 heteroatoms. The standard InChI is InChI=1S/C15H18N2O2S.ClH/c18-15(14-6-4-10-20-14)16-11-12(13-5-3-9-19-13)17-7-1-2-8-17;/h3-6,9-10,12H,1-2,7-8,11H2,(H,16,18);1H. The highest BCUT2D eigenvalue weighted by atomic mass is 35.5. The first-order chi connectivity index (χ1) is 9.84. The van der Waals surface area contributed by atoms with Gasteiger partial charge in [0, 0.05) is 6.54 Å². The fraction of sp³-hybridized carbons (Fsp3) is 0.400. The fourth-order valence-electron chi connectivity index (χ4n) is 2.63. The topological polar surface area (TPSA) is 45.5 Å². The molecule has 1 aliphatic heterocycles. The molecule has 0 radical (unpaired) electrons. The molecule has 2 aromatic rings. The van der Waals surface area contributed by atoms with Crippen molar-refractivity contribution in [2.45, 2.75) is 18.9 Å². The Hall–Kier alpha value is -1.30. The number of amides is 1. The molecule has 3 heterocycles. The Morgan fingerprint density at radius 1 is 1.33 bits per heavy atom. The Balaban J connectivity index is 0.00000161. The summed E-state index contributed by atoms with van der Waals surface area (Å²) < 4.78 is 5.54. The number of thiophene rings is 1. The lowest BCUT2D eigenvalue weighted by Gasteiger charge is -2.25. The predicted octanol–water partition coefficient (Wildman–Crippen LogP) is 3.33. The van der Waals surface area contributed by atoms with Crippen molar-refractivity contribution in [3.8, 4) is 0 Å². The second kappa shape index (κ2) is 7.64. The average Bonchev–Trinajstić information content (AvgIpc) is 3.22. The van der Waals surface area contributed by atoms with Crippen LogP contribution in [0, 0.1) is 0 Å². The number of likely N-dealkylation sites (tertiary alicyclic amines) is 1. The molecule has 1 atom stereocenters. The number of hydrogen-bond acceptors (Lipinski definition) is 4. The third-order valence-corrected chi connectivity index (χ3v) is 4.52. The highest BCUT2D eigenvalue weighted by Gasteiger charge is 2.26. The van der Waals surface area contributed by atoms with Crippen LogP contribution in [0.25, 0.3) is 0 Å². The molecule has 0 saturated carbocycles. The number of furan rings is 1. The summed E-state index contributed by atoms with van der Waals surface area (Å²) in [5.41, 5.74) is 0. The molecular weight excluding hydrogens is 308 g/mol. The number of nitrogens with one attached hydrogen (secondary N) is 1. The van der Waals surface area contributed by atoms with Gasteiger partial charge in [0.1, 0.15) is 5.76 Å². The van der Waals surface area contributed by atoms with E-state index in [1.54, 1.807) is 6.26 Å². The van der Waals surface area contributed by atoms with Crippen molar-refractivity contribution >= 4 is 29.7 Å². The van der Waals surface area contributed by atoms with Gasteiger partial charge in [-0.05, 0) is 49.5 Å². The van der Waals surface area contributed by atoms with Gasteiger partial charge in [-0.3, -0.25) is 9.69 Å². The van der Waals surface area contributed by atoms with Crippen LogP contribution >= 0.6 is 23.7 Å². The Bertz CT molecular complexity index is 536. The van der Waals surface area contributed by atoms with Gasteiger partial charge < -0.3 is 9.73 Å². The van der Waals surface area contributed by atoms with E-state index < -0.39 is 0 Å². The van der Waals surface area contributed by atoms with Gasteiger partial charge in [-0.1, -0.05) is 6.07 Å². The summed E-state index contributed by atoms with van der Waals surface area (Å²) in [5, 5.41) is 4.94. The van der Waals surface area contributed by atoms with Crippen LogP contribution in [0.15, 0.2) is 40.3 Å². The Kier molecular flexibility index (Phi) is 5.85. The summed E-state index contributed by atoms with van der Waals surface area (Å²) in [6, 6.07) is 7.76. The van der Waals surface area contributed by atoms with Crippen LogP contribution in [0.3, 0.4) is 0 Å². The number of rotatable bonds is 5. The quantitative estimate of drug-likeness (QED) is 0.916. The minimum atomic E-state index is -0.00393. The lowest BCUT2D eigenvalue weighted by atomic mass is 10.2. The van der Waals surface area contributed by atoms with E-state index in [0.717, 1.165) is 23.7 Å². The van der Waals surface area contributed by atoms with Crippen molar-refractivity contribution in [2.75, 3.05) is 19.6 Å². The predicted molar refractivity (Wildman–Crippen MR) is 86.2 cm³/mol. The molecule has 1 N–H and O–H groups in total. The van der Waals surface area contributed by atoms with Gasteiger partial charge in [0.15, 0.2) is 0 Å². The highest BCUT2D eigenvalue weighted by Crippen LogP contribution is 2.25. The Morgan fingerprint density at radius 3 is 2.76 bits per heavy atom. The normalized spacial score (nSPS) is 16.4. The van der Waals surface area contributed by atoms with Gasteiger partial charge in [0.25, 0.3) is 5.91 Å². The van der Waals surface area contributed by atoms with Gasteiger partial charge in [-0.15, -0.1) is 23.7 Å². The van der Waals surface area contributed by atoms with Crippen molar-refractivity contribution in [1.29, 1.82) is 0 Å². The van der Waals surface area contributed by atoms with Crippen molar-refractivity contribution in [1.82, 2.24) is 10.2 Å². The molecule has 2 aromatic heterocycles. The lowest BCUT2D eigenvalue weighted by Crippen LogP contribution is -2.36. The molecule has 0 aliphatic carbocycles. The number of nitrogens with zero attached hydrogens (tertiary/aromatic N) is 1. The van der Waals surface area contributed by atoms with Crippen molar-refractivity contribution < 1.29 is 9.21 Å². The number of hydrogen-bond donors (Lipinski definition) is 1. The molecule has 1 saturated heterocycles. The monoisotopic (exact) mass is 326 g/mol. The van der Waals surface area contributed by atoms with Crippen molar-refractivity contribution in [3.05, 3.63) is 46.5 Å². The smallest absolute Gasteiger partial charge is 0.261 e. The highest BCUT2D eigenvalue weighted by molar-refractivity contribution is 7.12. The maximum absolute atomic E-state index is 12.0. The molecule has 4 nitrogen and oxygen atoms in total. The van der Waals surface area contributed by atoms with E-state index in [1.165, 1.54) is 24.2 Å². The van der Waals surface area contributed by atoms with E-state index in [9.17, 15) is 4.79 Å². The zero-order chi connectivity index (χ0) is 13.8. The molecule has 0 aromatic carbocycles. The second-order valence-corrected chi connectivity index (χ2v) is 5.91. The summed E-state index contributed by atoms with van der Waals surface area (Å²) in [7, 11) is 0. The first kappa shape index (κ1) is 16.1. The van der Waals surface area contributed by atoms with Crippen LogP contribution in [0.4, 0.5) is 0 Å². The van der Waals surface area contributed by atoms with Crippen LogP contribution in [-0.2, 0) is 0 Å². The molecule has 3 rings (SSSR count). The van der Waals surface area contributed by atoms with Gasteiger partial charge >= 0.3 is 0 Å². The minimum Gasteiger partial charge on any atom is -0.468 e. The molecule has 21 heavy (non-hydrogen) atoms. The average molecular weight is 327 g/mol. The molecule has 1 aliphatic rings. The third-order valence-electron chi connectivity index (χ3n) is 3.65. The molecule has 1 fully saturated rings. The summed E-state index contributed by atoms with van der Waals surface area (Å²) in [4.78, 5) is 15.2. The van der Waals surface area contributed by atoms with E-state index >= 15 is 0 Å². The van der Waals surface area contributed by atoms with Gasteiger partial charge in [0.2, 0.25) is 0 Å². The van der Waals surface area contributed by atoms with E-state index in [-0.39, 0.29) is 24.4 Å². The van der Waals surface area contributed by atoms with Crippen LogP contribution in [-0.4, -0.2) is 30.4 Å². The molecular formula is C15H19ClN2O2S. The lowest BCUT2D eigenvalue weighted by molar-refractivity contribution is 0.0938. The van der Waals surface area contributed by atoms with Crippen molar-refractivity contribution in [3.63, 3.8) is 0 Å². The second-order valence-electron chi connectivity index (χ2n) is 4.96. The van der Waals surface area contributed by atoms with Gasteiger partial charge in [0.05, 0.1) is 17.2 Å². The summed E-state index contributed by atoms with van der Waals surface area (Å²) in [5.74, 6) is 0.925. The summed E-state index contributed by atoms with van der Waals surface area (Å²) in [6.07, 6.45) is 4.13. The maximum Gasteiger partial charge on any atom is 0.261 e. The molecule has 0 bridgehead atoms. The SMILES string of the molecule is Cl.O=C(NCC(c1ccco1)N1CCCC1)c1cccs1. The van der Waals surface area contributed by atoms with E-state index in [0.29, 0.717) is 6.54 Å². The maximum atomic E-state index is 12.0. The van der Waals surface area contributed by atoms with Gasteiger partial charge in [-0.25, -0.2) is 0 Å². The van der Waals surface area contributed by atoms with Crippen LogP contribution < -0.4 is 5.32 Å². The van der Waals surface area contributed by atoms with Gasteiger partial charge in [-0.2, -0.15) is 0 Å². The van der Waals surface area contributed by atoms with E-state index in [1.807, 2.05) is 29.6 Å². The molecule has 1 unspecified atom stereocenters. The molecule has 0 spiro atoms. The largest absolute Gasteiger partial charge is 0.468 e. The molecule has 114 valence electrons. The first-order valence-corrected chi connectivity index (χ1v) is 7.82. The van der Waals surface area contributed by atoms with Crippen LogP contribution in [0.1, 0.15) is 34.3 Å². The van der Waals surface area contributed by atoms with E-state index in [2.05, 4.69) is 10.2 Å². The summed E-state index contributed by atoms with van der Waals surface area (Å²) >= 11 is 1.46. The number of carbonyl (C=O) groups is 1. The Morgan fingerprint density at radius 2 is 2.14 bits per heavy atom. The van der Waals surface area contributed by atoms with Crippen LogP contribution in [0.5, 0.6) is 0 Å². The zero-order valence-electron chi connectivity index (χ0n) is 11.7. The zero-order valence-corrected chi connectivity index (χ0v) is 13.3. The minimum absolute atomic E-state index is 0. The van der Waals surface area contributed by atoms with Crippen molar-refractivity contribution in [2.24, 2.45) is 0 Å². The van der Waals surface area contributed by atoms with Crippen LogP contribution in [0.2, 0.25) is 0 Å². The van der Waals surface area contributed by atoms with E-state index in [4.69, 9.17) is 4.42 Å². The third kappa shape index (κ3) is 3.87. The number of halogens is 1. The fourth-order valence-corrected chi connectivity index (χ4v) is 3.27.